The number of hydrogen-bond donors (Lipinski definition) is 0. The molecule has 0 saturated heterocycles. The van der Waals surface area contributed by atoms with Crippen LogP contribution in [0.2, 0.25) is 0 Å². The van der Waals surface area contributed by atoms with Crippen LogP contribution < -0.4 is 4.74 Å². The largest absolute Gasteiger partial charge is 0.494 e. The standard InChI is InChI=1S/C13H18O/c1-5-11(4)12-9-10(3)7-8-13(12)14-6-2/h5,7-9,11H,1,6H2,2-4H3. The lowest BCUT2D eigenvalue weighted by Gasteiger charge is -2.14. The second-order valence-electron chi connectivity index (χ2n) is 3.50. The average Bonchev–Trinajstić information content (AvgIpc) is 2.20. The molecule has 0 bridgehead atoms. The highest BCUT2D eigenvalue weighted by atomic mass is 16.5. The Balaban J connectivity index is 3.08. The van der Waals surface area contributed by atoms with E-state index < -0.39 is 0 Å². The van der Waals surface area contributed by atoms with E-state index in [1.165, 1.54) is 11.1 Å². The summed E-state index contributed by atoms with van der Waals surface area (Å²) in [6.07, 6.45) is 1.94. The third-order valence-corrected chi connectivity index (χ3v) is 2.31. The SMILES string of the molecule is C=CC(C)c1cc(C)ccc1OCC. The molecular formula is C13H18O. The number of ether oxygens (including phenoxy) is 1. The summed E-state index contributed by atoms with van der Waals surface area (Å²) in [5.74, 6) is 1.32. The van der Waals surface area contributed by atoms with Gasteiger partial charge < -0.3 is 4.74 Å². The maximum atomic E-state index is 5.57. The molecule has 0 heterocycles. The molecule has 1 atom stereocenters. The van der Waals surface area contributed by atoms with E-state index in [-0.39, 0.29) is 0 Å². The van der Waals surface area contributed by atoms with Crippen LogP contribution in [0, 0.1) is 6.92 Å². The van der Waals surface area contributed by atoms with E-state index in [4.69, 9.17) is 4.74 Å². The molecule has 0 aliphatic carbocycles. The Labute approximate surface area is 86.4 Å². The lowest BCUT2D eigenvalue weighted by molar-refractivity contribution is 0.336. The highest BCUT2D eigenvalue weighted by Crippen LogP contribution is 2.28. The molecule has 0 aliphatic rings. The first-order valence-electron chi connectivity index (χ1n) is 5.05. The molecule has 0 spiro atoms. The zero-order valence-corrected chi connectivity index (χ0v) is 9.21. The van der Waals surface area contributed by atoms with E-state index in [0.29, 0.717) is 12.5 Å². The topological polar surface area (TPSA) is 9.23 Å². The minimum atomic E-state index is 0.344. The Bertz CT molecular complexity index is 315. The predicted octanol–water partition coefficient (Wildman–Crippen LogP) is 3.68. The molecular weight excluding hydrogens is 172 g/mol. The summed E-state index contributed by atoms with van der Waals surface area (Å²) < 4.78 is 5.57. The molecule has 1 rings (SSSR count). The number of benzene rings is 1. The predicted molar refractivity (Wildman–Crippen MR) is 61.0 cm³/mol. The van der Waals surface area contributed by atoms with Crippen LogP contribution in [-0.2, 0) is 0 Å². The zero-order chi connectivity index (χ0) is 10.6. The van der Waals surface area contributed by atoms with Crippen LogP contribution in [0.1, 0.15) is 30.9 Å². The van der Waals surface area contributed by atoms with Crippen LogP contribution in [-0.4, -0.2) is 6.61 Å². The van der Waals surface area contributed by atoms with Crippen molar-refractivity contribution in [3.8, 4) is 5.75 Å². The van der Waals surface area contributed by atoms with Crippen molar-refractivity contribution in [2.45, 2.75) is 26.7 Å². The second kappa shape index (κ2) is 4.85. The van der Waals surface area contributed by atoms with Gasteiger partial charge in [0.05, 0.1) is 6.61 Å². The van der Waals surface area contributed by atoms with Crippen molar-refractivity contribution < 1.29 is 4.74 Å². The molecule has 1 aromatic carbocycles. The summed E-state index contributed by atoms with van der Waals surface area (Å²) in [6.45, 7) is 10.7. The second-order valence-corrected chi connectivity index (χ2v) is 3.50. The minimum absolute atomic E-state index is 0.344. The monoisotopic (exact) mass is 190 g/mol. The molecule has 0 saturated carbocycles. The van der Waals surface area contributed by atoms with Gasteiger partial charge in [-0.25, -0.2) is 0 Å². The molecule has 14 heavy (non-hydrogen) atoms. The van der Waals surface area contributed by atoms with Crippen LogP contribution in [0.25, 0.3) is 0 Å². The molecule has 0 fully saturated rings. The summed E-state index contributed by atoms with van der Waals surface area (Å²) in [5.41, 5.74) is 2.49. The highest BCUT2D eigenvalue weighted by Gasteiger charge is 2.08. The van der Waals surface area contributed by atoms with E-state index >= 15 is 0 Å². The Kier molecular flexibility index (Phi) is 3.75. The van der Waals surface area contributed by atoms with Gasteiger partial charge in [0.1, 0.15) is 5.75 Å². The maximum Gasteiger partial charge on any atom is 0.123 e. The Morgan fingerprint density at radius 2 is 2.21 bits per heavy atom. The summed E-state index contributed by atoms with van der Waals surface area (Å²) in [4.78, 5) is 0. The third kappa shape index (κ3) is 2.38. The van der Waals surface area contributed by atoms with E-state index in [0.717, 1.165) is 5.75 Å². The molecule has 0 amide bonds. The Morgan fingerprint density at radius 3 is 2.79 bits per heavy atom. The molecule has 0 aromatic heterocycles. The normalized spacial score (nSPS) is 12.2. The summed E-state index contributed by atoms with van der Waals surface area (Å²) in [5, 5.41) is 0. The lowest BCUT2D eigenvalue weighted by Crippen LogP contribution is -1.99. The van der Waals surface area contributed by atoms with E-state index in [1.54, 1.807) is 0 Å². The first-order chi connectivity index (χ1) is 6.69. The van der Waals surface area contributed by atoms with Crippen LogP contribution in [0.3, 0.4) is 0 Å². The zero-order valence-electron chi connectivity index (χ0n) is 9.21. The van der Waals surface area contributed by atoms with Gasteiger partial charge in [-0.05, 0) is 19.9 Å². The summed E-state index contributed by atoms with van der Waals surface area (Å²) >= 11 is 0. The minimum Gasteiger partial charge on any atom is -0.494 e. The van der Waals surface area contributed by atoms with Crippen molar-refractivity contribution in [1.82, 2.24) is 0 Å². The van der Waals surface area contributed by atoms with Crippen molar-refractivity contribution in [3.63, 3.8) is 0 Å². The molecule has 1 aromatic rings. The van der Waals surface area contributed by atoms with Crippen LogP contribution >= 0.6 is 0 Å². The van der Waals surface area contributed by atoms with Gasteiger partial charge in [0.15, 0.2) is 0 Å². The van der Waals surface area contributed by atoms with Gasteiger partial charge in [-0.15, -0.1) is 6.58 Å². The fourth-order valence-electron chi connectivity index (χ4n) is 1.44. The average molecular weight is 190 g/mol. The van der Waals surface area contributed by atoms with Crippen LogP contribution in [0.4, 0.5) is 0 Å². The van der Waals surface area contributed by atoms with Crippen molar-refractivity contribution in [3.05, 3.63) is 42.0 Å². The lowest BCUT2D eigenvalue weighted by atomic mass is 9.98. The quantitative estimate of drug-likeness (QED) is 0.658. The molecule has 1 nitrogen and oxygen atoms in total. The molecule has 0 radical (unpaired) electrons. The molecule has 1 heteroatoms. The first kappa shape index (κ1) is 10.8. The molecule has 76 valence electrons. The smallest absolute Gasteiger partial charge is 0.123 e. The fraction of sp³-hybridized carbons (Fsp3) is 0.385. The van der Waals surface area contributed by atoms with Gasteiger partial charge in [-0.3, -0.25) is 0 Å². The molecule has 0 aliphatic heterocycles. The van der Waals surface area contributed by atoms with E-state index in [2.05, 4.69) is 32.6 Å². The van der Waals surface area contributed by atoms with E-state index in [1.807, 2.05) is 19.1 Å². The van der Waals surface area contributed by atoms with Gasteiger partial charge in [0.25, 0.3) is 0 Å². The van der Waals surface area contributed by atoms with Gasteiger partial charge in [-0.2, -0.15) is 0 Å². The molecule has 0 N–H and O–H groups in total. The summed E-state index contributed by atoms with van der Waals surface area (Å²) in [6, 6.07) is 6.27. The number of allylic oxidation sites excluding steroid dienone is 1. The number of aryl methyl sites for hydroxylation is 1. The van der Waals surface area contributed by atoms with Crippen molar-refractivity contribution in [2.24, 2.45) is 0 Å². The number of rotatable bonds is 4. The summed E-state index contributed by atoms with van der Waals surface area (Å²) in [7, 11) is 0. The van der Waals surface area contributed by atoms with Crippen LogP contribution in [0.5, 0.6) is 5.75 Å². The third-order valence-electron chi connectivity index (χ3n) is 2.31. The van der Waals surface area contributed by atoms with Gasteiger partial charge in [0.2, 0.25) is 0 Å². The maximum absolute atomic E-state index is 5.57. The Morgan fingerprint density at radius 1 is 1.50 bits per heavy atom. The van der Waals surface area contributed by atoms with Crippen molar-refractivity contribution in [1.29, 1.82) is 0 Å². The highest BCUT2D eigenvalue weighted by molar-refractivity contribution is 5.40. The van der Waals surface area contributed by atoms with E-state index in [9.17, 15) is 0 Å². The van der Waals surface area contributed by atoms with Gasteiger partial charge in [-0.1, -0.05) is 30.7 Å². The van der Waals surface area contributed by atoms with Crippen molar-refractivity contribution in [2.75, 3.05) is 6.61 Å². The molecule has 1 unspecified atom stereocenters. The van der Waals surface area contributed by atoms with Gasteiger partial charge in [0, 0.05) is 11.5 Å². The number of hydrogen-bond acceptors (Lipinski definition) is 1. The fourth-order valence-corrected chi connectivity index (χ4v) is 1.44. The Hall–Kier alpha value is -1.24. The first-order valence-corrected chi connectivity index (χ1v) is 5.05. The van der Waals surface area contributed by atoms with Crippen molar-refractivity contribution >= 4 is 0 Å². The van der Waals surface area contributed by atoms with Gasteiger partial charge >= 0.3 is 0 Å². The van der Waals surface area contributed by atoms with Crippen LogP contribution in [0.15, 0.2) is 30.9 Å².